The number of carbonyl (C=O) groups is 2. The first-order valence-corrected chi connectivity index (χ1v) is 10.1. The maximum Gasteiger partial charge on any atom is 0.407 e. The number of rotatable bonds is 3. The van der Waals surface area contributed by atoms with Gasteiger partial charge in [0, 0.05) is 35.0 Å². The van der Waals surface area contributed by atoms with Gasteiger partial charge < -0.3 is 15.0 Å². The van der Waals surface area contributed by atoms with Crippen LogP contribution in [0.25, 0.3) is 0 Å². The van der Waals surface area contributed by atoms with E-state index in [1.54, 1.807) is 0 Å². The predicted molar refractivity (Wildman–Crippen MR) is 104 cm³/mol. The topological polar surface area (TPSA) is 58.6 Å². The lowest BCUT2D eigenvalue weighted by Crippen LogP contribution is -2.59. The molecule has 2 saturated carbocycles. The number of alkyl carbamates (subject to hydrolysis) is 1. The van der Waals surface area contributed by atoms with E-state index in [1.165, 1.54) is 12.7 Å². The Hall–Kier alpha value is -1.75. The van der Waals surface area contributed by atoms with Crippen molar-refractivity contribution in [3.8, 4) is 0 Å². The van der Waals surface area contributed by atoms with Crippen molar-refractivity contribution in [1.82, 2.24) is 10.2 Å². The number of aryl methyl sites for hydroxylation is 1. The molecule has 2 aliphatic carbocycles. The molecule has 4 rings (SSSR count). The van der Waals surface area contributed by atoms with Crippen LogP contribution in [-0.4, -0.2) is 42.6 Å². The molecule has 1 aliphatic heterocycles. The van der Waals surface area contributed by atoms with Gasteiger partial charge in [0.2, 0.25) is 5.91 Å². The Morgan fingerprint density at radius 1 is 1.30 bits per heavy atom. The monoisotopic (exact) mass is 390 g/mol. The van der Waals surface area contributed by atoms with Crippen LogP contribution in [0.3, 0.4) is 0 Å². The first-order valence-electron chi connectivity index (χ1n) is 9.68. The summed E-state index contributed by atoms with van der Waals surface area (Å²) in [4.78, 5) is 26.3. The molecular formula is C21H27ClN2O3. The van der Waals surface area contributed by atoms with Crippen molar-refractivity contribution in [2.75, 3.05) is 20.2 Å². The van der Waals surface area contributed by atoms with Crippen molar-refractivity contribution in [3.05, 3.63) is 34.3 Å². The Kier molecular flexibility index (Phi) is 4.41. The van der Waals surface area contributed by atoms with Gasteiger partial charge in [0.15, 0.2) is 0 Å². The lowest BCUT2D eigenvalue weighted by atomic mass is 9.68. The van der Waals surface area contributed by atoms with Crippen molar-refractivity contribution < 1.29 is 14.3 Å². The summed E-state index contributed by atoms with van der Waals surface area (Å²) >= 11 is 6.33. The van der Waals surface area contributed by atoms with Gasteiger partial charge in [0.1, 0.15) is 0 Å². The maximum absolute atomic E-state index is 12.9. The van der Waals surface area contributed by atoms with E-state index in [-0.39, 0.29) is 22.8 Å². The molecule has 0 radical (unpaired) electrons. The van der Waals surface area contributed by atoms with Gasteiger partial charge in [-0.15, -0.1) is 0 Å². The molecule has 1 aromatic carbocycles. The van der Waals surface area contributed by atoms with Crippen molar-refractivity contribution in [2.24, 2.45) is 11.8 Å². The minimum atomic E-state index is -0.430. The van der Waals surface area contributed by atoms with Crippen molar-refractivity contribution >= 4 is 23.6 Å². The van der Waals surface area contributed by atoms with Crippen LogP contribution in [0.15, 0.2) is 18.2 Å². The van der Waals surface area contributed by atoms with Gasteiger partial charge >= 0.3 is 6.09 Å². The highest BCUT2D eigenvalue weighted by molar-refractivity contribution is 6.31. The molecule has 3 aliphatic rings. The Bertz CT molecular complexity index is 790. The Balaban J connectivity index is 1.34. The number of nitrogens with one attached hydrogen (secondary N) is 1. The van der Waals surface area contributed by atoms with E-state index in [9.17, 15) is 9.59 Å². The summed E-state index contributed by atoms with van der Waals surface area (Å²) in [6.07, 6.45) is 3.08. The van der Waals surface area contributed by atoms with Crippen LogP contribution >= 0.6 is 11.6 Å². The number of halogens is 1. The van der Waals surface area contributed by atoms with Gasteiger partial charge in [-0.2, -0.15) is 0 Å². The van der Waals surface area contributed by atoms with Gasteiger partial charge in [-0.3, -0.25) is 4.79 Å². The molecule has 0 bridgehead atoms. The van der Waals surface area contributed by atoms with Gasteiger partial charge in [-0.1, -0.05) is 23.7 Å². The lowest BCUT2D eigenvalue weighted by Gasteiger charge is -2.46. The van der Waals surface area contributed by atoms with Crippen molar-refractivity contribution in [1.29, 1.82) is 0 Å². The Morgan fingerprint density at radius 3 is 2.67 bits per heavy atom. The van der Waals surface area contributed by atoms with E-state index in [1.807, 2.05) is 18.7 Å². The van der Waals surface area contributed by atoms with E-state index in [2.05, 4.69) is 28.3 Å². The number of ether oxygens (including phenoxy) is 1. The fraction of sp³-hybridized carbons (Fsp3) is 0.619. The lowest BCUT2D eigenvalue weighted by molar-refractivity contribution is -0.142. The first kappa shape index (κ1) is 18.6. The standard InChI is InChI=1S/C21H27ClN2O3/c1-13-4-5-15(8-17(13)22)21-6-7-24(12-16(21)11-21)18(25)14-9-20(2,10-14)23-19(26)27-3/h4-5,8,14,16H,6-7,9-12H2,1-3H3,(H,23,26)/t14-,16?,20+,21?. The normalized spacial score (nSPS) is 34.3. The molecule has 2 amide bonds. The molecule has 1 saturated heterocycles. The first-order chi connectivity index (χ1) is 12.8. The number of fused-ring (bicyclic) bond motifs is 1. The quantitative estimate of drug-likeness (QED) is 0.856. The second-order valence-electron chi connectivity index (χ2n) is 8.84. The summed E-state index contributed by atoms with van der Waals surface area (Å²) in [7, 11) is 1.36. The highest BCUT2D eigenvalue weighted by Gasteiger charge is 2.59. The second kappa shape index (κ2) is 6.40. The number of likely N-dealkylation sites (tertiary alicyclic amines) is 1. The molecule has 2 unspecified atom stereocenters. The molecule has 27 heavy (non-hydrogen) atoms. The smallest absolute Gasteiger partial charge is 0.407 e. The molecule has 3 fully saturated rings. The number of amides is 2. The van der Waals surface area contributed by atoms with Crippen molar-refractivity contribution in [3.63, 3.8) is 0 Å². The molecule has 2 atom stereocenters. The minimum Gasteiger partial charge on any atom is -0.453 e. The van der Waals surface area contributed by atoms with Crippen LogP contribution in [0.5, 0.6) is 0 Å². The molecule has 0 aromatic heterocycles. The molecule has 1 N–H and O–H groups in total. The zero-order chi connectivity index (χ0) is 19.4. The van der Waals surface area contributed by atoms with E-state index in [4.69, 9.17) is 11.6 Å². The summed E-state index contributed by atoms with van der Waals surface area (Å²) in [5.74, 6) is 0.780. The number of hydrogen-bond acceptors (Lipinski definition) is 3. The number of carbonyl (C=O) groups excluding carboxylic acids is 2. The number of piperidine rings is 1. The molecule has 1 heterocycles. The van der Waals surface area contributed by atoms with Crippen LogP contribution in [0.1, 0.15) is 43.7 Å². The highest BCUT2D eigenvalue weighted by Crippen LogP contribution is 2.59. The summed E-state index contributed by atoms with van der Waals surface area (Å²) in [5.41, 5.74) is 2.32. The van der Waals surface area contributed by atoms with Gasteiger partial charge in [-0.25, -0.2) is 4.79 Å². The molecule has 146 valence electrons. The fourth-order valence-corrected chi connectivity index (χ4v) is 5.26. The Labute approximate surface area is 165 Å². The third-order valence-corrected chi connectivity index (χ3v) is 7.30. The van der Waals surface area contributed by atoms with E-state index in [0.29, 0.717) is 18.8 Å². The number of benzene rings is 1. The highest BCUT2D eigenvalue weighted by atomic mass is 35.5. The fourth-order valence-electron chi connectivity index (χ4n) is 5.08. The van der Waals surface area contributed by atoms with Crippen LogP contribution in [0.4, 0.5) is 4.79 Å². The van der Waals surface area contributed by atoms with Crippen LogP contribution in [0, 0.1) is 18.8 Å². The Morgan fingerprint density at radius 2 is 2.04 bits per heavy atom. The van der Waals surface area contributed by atoms with E-state index in [0.717, 1.165) is 36.5 Å². The molecule has 1 aromatic rings. The van der Waals surface area contributed by atoms with Gasteiger partial charge in [0.25, 0.3) is 0 Å². The van der Waals surface area contributed by atoms with E-state index >= 15 is 0 Å². The summed E-state index contributed by atoms with van der Waals surface area (Å²) in [5, 5.41) is 3.67. The molecule has 0 spiro atoms. The minimum absolute atomic E-state index is 0.00669. The summed E-state index contributed by atoms with van der Waals surface area (Å²) < 4.78 is 4.67. The number of methoxy groups -OCH3 is 1. The van der Waals surface area contributed by atoms with Crippen molar-refractivity contribution in [2.45, 2.75) is 50.5 Å². The predicted octanol–water partition coefficient (Wildman–Crippen LogP) is 3.66. The van der Waals surface area contributed by atoms with Gasteiger partial charge in [-0.05, 0) is 62.6 Å². The number of hydrogen-bond donors (Lipinski definition) is 1. The summed E-state index contributed by atoms with van der Waals surface area (Å²) in [6, 6.07) is 6.42. The zero-order valence-corrected chi connectivity index (χ0v) is 16.9. The average molecular weight is 391 g/mol. The second-order valence-corrected chi connectivity index (χ2v) is 9.25. The zero-order valence-electron chi connectivity index (χ0n) is 16.2. The summed E-state index contributed by atoms with van der Waals surface area (Å²) in [6.45, 7) is 5.63. The van der Waals surface area contributed by atoms with Crippen LogP contribution in [0.2, 0.25) is 5.02 Å². The third kappa shape index (κ3) is 3.20. The maximum atomic E-state index is 12.9. The average Bonchev–Trinajstić information content (AvgIpc) is 3.36. The molecular weight excluding hydrogens is 364 g/mol. The third-order valence-electron chi connectivity index (χ3n) is 6.89. The van der Waals surface area contributed by atoms with E-state index < -0.39 is 6.09 Å². The van der Waals surface area contributed by atoms with Crippen LogP contribution in [-0.2, 0) is 14.9 Å². The van der Waals surface area contributed by atoms with Gasteiger partial charge in [0.05, 0.1) is 7.11 Å². The largest absolute Gasteiger partial charge is 0.453 e. The van der Waals surface area contributed by atoms with Crippen LogP contribution < -0.4 is 5.32 Å². The molecule has 6 heteroatoms. The SMILES string of the molecule is COC(=O)N[C@]1(C)C[C@H](C(=O)N2CCC3(c4ccc(C)c(Cl)c4)CC3C2)C1. The molecule has 5 nitrogen and oxygen atoms in total. The number of nitrogens with zero attached hydrogens (tertiary/aromatic N) is 1.